The van der Waals surface area contributed by atoms with E-state index < -0.39 is 41.5 Å². The number of hydrogen-bond donors (Lipinski definition) is 0. The number of hydrogen-bond acceptors (Lipinski definition) is 5. The number of alkyl halides is 3. The van der Waals surface area contributed by atoms with Crippen molar-refractivity contribution in [2.75, 3.05) is 6.61 Å². The molecule has 1 saturated carbocycles. The highest BCUT2D eigenvalue weighted by Gasteiger charge is 2.77. The van der Waals surface area contributed by atoms with Gasteiger partial charge in [0.05, 0.1) is 6.61 Å². The highest BCUT2D eigenvalue weighted by atomic mass is 19.4. The lowest BCUT2D eigenvalue weighted by molar-refractivity contribution is -0.598. The van der Waals surface area contributed by atoms with Crippen LogP contribution in [0.3, 0.4) is 0 Å². The fourth-order valence-corrected chi connectivity index (χ4v) is 5.67. The summed E-state index contributed by atoms with van der Waals surface area (Å²) in [5.41, 5.74) is -1.06. The Hall–Kier alpha value is -0.670. The predicted octanol–water partition coefficient (Wildman–Crippen LogP) is 4.33. The fraction of sp³-hybridized carbons (Fsp3) is 0.895. The van der Waals surface area contributed by atoms with Gasteiger partial charge in [-0.2, -0.15) is 13.2 Å². The molecule has 0 radical (unpaired) electrons. The smallest absolute Gasteiger partial charge is 0.338 e. The van der Waals surface area contributed by atoms with E-state index in [1.165, 1.54) is 13.0 Å². The number of rotatable bonds is 3. The second kappa shape index (κ2) is 6.16. The van der Waals surface area contributed by atoms with Gasteiger partial charge in [-0.25, -0.2) is 9.78 Å². The van der Waals surface area contributed by atoms with Crippen molar-refractivity contribution in [3.63, 3.8) is 0 Å². The van der Waals surface area contributed by atoms with Gasteiger partial charge in [-0.3, -0.25) is 0 Å². The summed E-state index contributed by atoms with van der Waals surface area (Å²) in [5.74, 6) is -5.08. The van der Waals surface area contributed by atoms with E-state index in [9.17, 15) is 13.2 Å². The van der Waals surface area contributed by atoms with Gasteiger partial charge in [-0.05, 0) is 38.0 Å². The highest BCUT2D eigenvalue weighted by Crippen LogP contribution is 2.64. The molecule has 0 amide bonds. The second-order valence-corrected chi connectivity index (χ2v) is 8.58. The summed E-state index contributed by atoms with van der Waals surface area (Å²) in [5, 5.41) is 0. The van der Waals surface area contributed by atoms with Crippen LogP contribution in [0.15, 0.2) is 12.7 Å². The van der Waals surface area contributed by atoms with Gasteiger partial charge in [0.15, 0.2) is 11.9 Å². The highest BCUT2D eigenvalue weighted by molar-refractivity contribution is 5.12. The van der Waals surface area contributed by atoms with Gasteiger partial charge < -0.3 is 14.2 Å². The van der Waals surface area contributed by atoms with Gasteiger partial charge in [0.1, 0.15) is 0 Å². The van der Waals surface area contributed by atoms with Gasteiger partial charge in [-0.15, -0.1) is 6.58 Å². The molecule has 4 heterocycles. The Morgan fingerprint density at radius 3 is 2.52 bits per heavy atom. The third kappa shape index (κ3) is 2.56. The molecule has 5 rings (SSSR count). The molecular weight excluding hydrogens is 365 g/mol. The van der Waals surface area contributed by atoms with E-state index in [2.05, 4.69) is 13.5 Å². The van der Waals surface area contributed by atoms with Crippen molar-refractivity contribution >= 4 is 0 Å². The monoisotopic (exact) mass is 392 g/mol. The van der Waals surface area contributed by atoms with Gasteiger partial charge in [-0.1, -0.05) is 19.9 Å². The van der Waals surface area contributed by atoms with E-state index in [1.807, 2.05) is 0 Å². The third-order valence-electron chi connectivity index (χ3n) is 7.07. The SMILES string of the molecule is C=CCO[C@@]1(C(F)(F)F)O[C@@H]2OC3(C)CC[C@H]4[C@H](C)CC[C@@H]([C@H]1C)C24OO3. The first-order valence-electron chi connectivity index (χ1n) is 9.64. The first-order chi connectivity index (χ1) is 12.6. The Labute approximate surface area is 157 Å². The molecule has 27 heavy (non-hydrogen) atoms. The van der Waals surface area contributed by atoms with Crippen LogP contribution < -0.4 is 0 Å². The summed E-state index contributed by atoms with van der Waals surface area (Å²) in [7, 11) is 0. The van der Waals surface area contributed by atoms with Crippen LogP contribution in [0.1, 0.15) is 46.5 Å². The van der Waals surface area contributed by atoms with Crippen LogP contribution in [-0.4, -0.2) is 36.2 Å². The topological polar surface area (TPSA) is 46.2 Å². The minimum Gasteiger partial charge on any atom is -0.338 e. The molecule has 5 aliphatic rings. The largest absolute Gasteiger partial charge is 0.443 e. The molecule has 4 saturated heterocycles. The first kappa shape index (κ1) is 19.6. The average Bonchev–Trinajstić information content (AvgIpc) is 2.82. The van der Waals surface area contributed by atoms with Crippen molar-refractivity contribution in [3.8, 4) is 0 Å². The zero-order valence-electron chi connectivity index (χ0n) is 15.9. The van der Waals surface area contributed by atoms with Crippen molar-refractivity contribution in [1.82, 2.24) is 0 Å². The third-order valence-corrected chi connectivity index (χ3v) is 7.07. The minimum absolute atomic E-state index is 0.00124. The van der Waals surface area contributed by atoms with E-state index >= 15 is 0 Å². The van der Waals surface area contributed by atoms with Crippen LogP contribution in [0, 0.1) is 23.7 Å². The summed E-state index contributed by atoms with van der Waals surface area (Å²) in [6.45, 7) is 8.52. The molecule has 2 unspecified atom stereocenters. The van der Waals surface area contributed by atoms with Crippen molar-refractivity contribution in [2.45, 2.75) is 76.1 Å². The quantitative estimate of drug-likeness (QED) is 0.529. The van der Waals surface area contributed by atoms with Crippen molar-refractivity contribution in [2.24, 2.45) is 23.7 Å². The Morgan fingerprint density at radius 1 is 1.11 bits per heavy atom. The number of fused-ring (bicyclic) bond motifs is 2. The van der Waals surface area contributed by atoms with Crippen molar-refractivity contribution in [3.05, 3.63) is 12.7 Å². The average molecular weight is 392 g/mol. The zero-order chi connectivity index (χ0) is 19.7. The van der Waals surface area contributed by atoms with Crippen LogP contribution in [0.4, 0.5) is 13.2 Å². The van der Waals surface area contributed by atoms with Gasteiger partial charge in [0, 0.05) is 18.3 Å². The lowest BCUT2D eigenvalue weighted by Crippen LogP contribution is -2.76. The van der Waals surface area contributed by atoms with Crippen LogP contribution in [0.2, 0.25) is 0 Å². The summed E-state index contributed by atoms with van der Waals surface area (Å²) in [6, 6.07) is 0. The molecule has 5 nitrogen and oxygen atoms in total. The maximum atomic E-state index is 14.3. The standard InChI is InChI=1S/C19H27F3O5/c1-5-10-23-18(19(20,21)22)12(3)14-7-6-11(2)13-8-9-16(4)24-15(25-18)17(13,14)27-26-16/h5,11-15H,1,6-10H2,2-4H3/t11-,12-,13+,14+,15+,16?,17?,18-/m1/s1. The van der Waals surface area contributed by atoms with E-state index in [0.29, 0.717) is 12.8 Å². The summed E-state index contributed by atoms with van der Waals surface area (Å²) in [4.78, 5) is 11.5. The molecule has 0 aromatic carbocycles. The molecular formula is C19H27F3O5. The molecule has 2 bridgehead atoms. The van der Waals surface area contributed by atoms with Crippen molar-refractivity contribution < 1.29 is 37.2 Å². The molecule has 4 aliphatic heterocycles. The maximum absolute atomic E-state index is 14.3. The number of ether oxygens (including phenoxy) is 3. The summed E-state index contributed by atoms with van der Waals surface area (Å²) < 4.78 is 59.7. The Balaban J connectivity index is 1.83. The molecule has 0 N–H and O–H groups in total. The molecule has 5 fully saturated rings. The molecule has 0 aromatic rings. The van der Waals surface area contributed by atoms with E-state index in [-0.39, 0.29) is 18.4 Å². The minimum atomic E-state index is -4.73. The Bertz CT molecular complexity index is 613. The molecule has 8 atom stereocenters. The molecule has 8 heteroatoms. The zero-order valence-corrected chi connectivity index (χ0v) is 15.9. The number of halogens is 3. The van der Waals surface area contributed by atoms with Crippen LogP contribution in [0.25, 0.3) is 0 Å². The fourth-order valence-electron chi connectivity index (χ4n) is 5.67. The summed E-state index contributed by atoms with van der Waals surface area (Å²) >= 11 is 0. The van der Waals surface area contributed by atoms with Crippen LogP contribution >= 0.6 is 0 Å². The predicted molar refractivity (Wildman–Crippen MR) is 88.0 cm³/mol. The maximum Gasteiger partial charge on any atom is 0.443 e. The molecule has 0 aromatic heterocycles. The second-order valence-electron chi connectivity index (χ2n) is 8.58. The molecule has 154 valence electrons. The van der Waals surface area contributed by atoms with Crippen LogP contribution in [-0.2, 0) is 24.0 Å². The van der Waals surface area contributed by atoms with Crippen molar-refractivity contribution in [1.29, 1.82) is 0 Å². The van der Waals surface area contributed by atoms with Gasteiger partial charge >= 0.3 is 6.18 Å². The van der Waals surface area contributed by atoms with Crippen LogP contribution in [0.5, 0.6) is 0 Å². The van der Waals surface area contributed by atoms with E-state index in [4.69, 9.17) is 24.0 Å². The van der Waals surface area contributed by atoms with E-state index in [1.54, 1.807) is 6.92 Å². The normalized spacial score (nSPS) is 52.1. The van der Waals surface area contributed by atoms with Gasteiger partial charge in [0.25, 0.3) is 5.79 Å². The molecule has 1 spiro atoms. The Morgan fingerprint density at radius 2 is 1.85 bits per heavy atom. The lowest BCUT2D eigenvalue weighted by Gasteiger charge is -2.62. The van der Waals surface area contributed by atoms with Gasteiger partial charge in [0.2, 0.25) is 5.79 Å². The first-order valence-corrected chi connectivity index (χ1v) is 9.64. The van der Waals surface area contributed by atoms with E-state index in [0.717, 1.165) is 12.8 Å². The lowest BCUT2D eigenvalue weighted by atomic mass is 9.57. The summed E-state index contributed by atoms with van der Waals surface area (Å²) in [6.07, 6.45) is -1.96. The molecule has 1 aliphatic carbocycles. The Kier molecular flexibility index (Phi) is 4.48.